The molecule has 1 aromatic heterocycles. The predicted octanol–water partition coefficient (Wildman–Crippen LogP) is 2.70. The summed E-state index contributed by atoms with van der Waals surface area (Å²) in [6.45, 7) is 0.684. The van der Waals surface area contributed by atoms with Gasteiger partial charge in [-0.2, -0.15) is 4.98 Å². The lowest BCUT2D eigenvalue weighted by molar-refractivity contribution is 0.421. The molecule has 0 fully saturated rings. The molecule has 4 nitrogen and oxygen atoms in total. The summed E-state index contributed by atoms with van der Waals surface area (Å²) in [5.74, 6) is 0.803. The highest BCUT2D eigenvalue weighted by molar-refractivity contribution is 7.99. The first kappa shape index (κ1) is 13.9. The van der Waals surface area contributed by atoms with Crippen molar-refractivity contribution in [1.82, 2.24) is 9.55 Å². The number of thioether (sulfide) groups is 1. The molecule has 0 aliphatic carbocycles. The van der Waals surface area contributed by atoms with Crippen LogP contribution >= 0.6 is 11.8 Å². The van der Waals surface area contributed by atoms with Crippen LogP contribution < -0.4 is 5.56 Å². The second kappa shape index (κ2) is 6.18. The maximum absolute atomic E-state index is 12.4. The maximum atomic E-state index is 12.4. The van der Waals surface area contributed by atoms with Crippen LogP contribution in [0.25, 0.3) is 6.08 Å². The average Bonchev–Trinajstić information content (AvgIpc) is 2.51. The van der Waals surface area contributed by atoms with Gasteiger partial charge in [-0.15, -0.1) is 0 Å². The molecule has 0 bridgehead atoms. The molecule has 1 aliphatic heterocycles. The Morgan fingerprint density at radius 1 is 1.33 bits per heavy atom. The van der Waals surface area contributed by atoms with Gasteiger partial charge in [0.05, 0.1) is 5.56 Å². The molecule has 0 spiro atoms. The largest absolute Gasteiger partial charge is 0.493 e. The molecule has 21 heavy (non-hydrogen) atoms. The highest BCUT2D eigenvalue weighted by Gasteiger charge is 2.18. The van der Waals surface area contributed by atoms with Crippen LogP contribution in [0.5, 0.6) is 5.88 Å². The van der Waals surface area contributed by atoms with Crippen LogP contribution in [0.3, 0.4) is 0 Å². The van der Waals surface area contributed by atoms with E-state index >= 15 is 0 Å². The topological polar surface area (TPSA) is 55.1 Å². The highest BCUT2D eigenvalue weighted by Crippen LogP contribution is 2.24. The fourth-order valence-electron chi connectivity index (χ4n) is 2.31. The van der Waals surface area contributed by atoms with E-state index in [4.69, 9.17) is 0 Å². The molecule has 0 amide bonds. The second-order valence-electron chi connectivity index (χ2n) is 4.87. The number of aromatic hydroxyl groups is 1. The van der Waals surface area contributed by atoms with E-state index in [1.165, 1.54) is 11.8 Å². The van der Waals surface area contributed by atoms with Crippen molar-refractivity contribution in [3.8, 4) is 5.88 Å². The first-order valence-electron chi connectivity index (χ1n) is 6.93. The van der Waals surface area contributed by atoms with Crippen molar-refractivity contribution < 1.29 is 5.11 Å². The molecule has 1 N–H and O–H groups in total. The standard InChI is InChI=1S/C16H16N2O2S/c19-14-13(9-4-8-12-6-2-1-3-7-12)15(20)18-10-5-11-21-16(18)17-14/h1-4,6-8,19H,5,9-11H2. The van der Waals surface area contributed by atoms with Gasteiger partial charge in [-0.1, -0.05) is 54.2 Å². The van der Waals surface area contributed by atoms with Crippen LogP contribution in [0, 0.1) is 0 Å². The van der Waals surface area contributed by atoms with E-state index in [0.717, 1.165) is 17.7 Å². The normalized spacial score (nSPS) is 14.3. The van der Waals surface area contributed by atoms with Crippen molar-refractivity contribution in [2.45, 2.75) is 24.5 Å². The smallest absolute Gasteiger partial charge is 0.261 e. The summed E-state index contributed by atoms with van der Waals surface area (Å²) in [4.78, 5) is 16.5. The molecule has 3 rings (SSSR count). The maximum Gasteiger partial charge on any atom is 0.261 e. The van der Waals surface area contributed by atoms with Gasteiger partial charge in [-0.3, -0.25) is 9.36 Å². The van der Waals surface area contributed by atoms with E-state index in [1.54, 1.807) is 4.57 Å². The molecule has 108 valence electrons. The minimum atomic E-state index is -0.140. The summed E-state index contributed by atoms with van der Waals surface area (Å²) in [5, 5.41) is 10.6. The third-order valence-electron chi connectivity index (χ3n) is 3.39. The number of allylic oxidation sites excluding steroid dienone is 1. The van der Waals surface area contributed by atoms with E-state index in [-0.39, 0.29) is 11.4 Å². The third kappa shape index (κ3) is 3.03. The molecule has 0 saturated heterocycles. The number of hydrogen-bond donors (Lipinski definition) is 1. The van der Waals surface area contributed by atoms with Crippen LogP contribution in [-0.2, 0) is 13.0 Å². The number of hydrogen-bond acceptors (Lipinski definition) is 4. The summed E-state index contributed by atoms with van der Waals surface area (Å²) in [7, 11) is 0. The Morgan fingerprint density at radius 2 is 2.14 bits per heavy atom. The second-order valence-corrected chi connectivity index (χ2v) is 5.93. The van der Waals surface area contributed by atoms with Crippen molar-refractivity contribution in [3.05, 3.63) is 57.9 Å². The van der Waals surface area contributed by atoms with E-state index in [2.05, 4.69) is 4.98 Å². The van der Waals surface area contributed by atoms with E-state index < -0.39 is 0 Å². The molecule has 5 heteroatoms. The summed E-state index contributed by atoms with van der Waals surface area (Å²) < 4.78 is 1.67. The van der Waals surface area contributed by atoms with Gasteiger partial charge in [0.2, 0.25) is 5.88 Å². The van der Waals surface area contributed by atoms with Crippen LogP contribution in [0.1, 0.15) is 17.5 Å². The highest BCUT2D eigenvalue weighted by atomic mass is 32.2. The van der Waals surface area contributed by atoms with E-state index in [9.17, 15) is 9.90 Å². The van der Waals surface area contributed by atoms with Crippen molar-refractivity contribution in [1.29, 1.82) is 0 Å². The lowest BCUT2D eigenvalue weighted by Gasteiger charge is -2.17. The first-order valence-corrected chi connectivity index (χ1v) is 7.91. The SMILES string of the molecule is O=c1c(CC=Cc2ccccc2)c(O)nc2n1CCCS2. The minimum Gasteiger partial charge on any atom is -0.493 e. The van der Waals surface area contributed by atoms with Gasteiger partial charge < -0.3 is 5.11 Å². The van der Waals surface area contributed by atoms with E-state index in [0.29, 0.717) is 23.7 Å². The van der Waals surface area contributed by atoms with Crippen LogP contribution in [-0.4, -0.2) is 20.4 Å². The Kier molecular flexibility index (Phi) is 4.10. The van der Waals surface area contributed by atoms with E-state index in [1.807, 2.05) is 42.5 Å². The Balaban J connectivity index is 1.86. The lowest BCUT2D eigenvalue weighted by Crippen LogP contribution is -2.28. The fraction of sp³-hybridized carbons (Fsp3) is 0.250. The third-order valence-corrected chi connectivity index (χ3v) is 4.46. The lowest BCUT2D eigenvalue weighted by atomic mass is 10.1. The Morgan fingerprint density at radius 3 is 2.95 bits per heavy atom. The van der Waals surface area contributed by atoms with Crippen molar-refractivity contribution >= 4 is 17.8 Å². The average molecular weight is 300 g/mol. The minimum absolute atomic E-state index is 0.123. The summed E-state index contributed by atoms with van der Waals surface area (Å²) in [6, 6.07) is 9.87. The van der Waals surface area contributed by atoms with Crippen molar-refractivity contribution in [2.24, 2.45) is 0 Å². The monoisotopic (exact) mass is 300 g/mol. The van der Waals surface area contributed by atoms with Gasteiger partial charge in [0, 0.05) is 18.7 Å². The van der Waals surface area contributed by atoms with Gasteiger partial charge >= 0.3 is 0 Å². The number of rotatable bonds is 3. The fourth-order valence-corrected chi connectivity index (χ4v) is 3.25. The predicted molar refractivity (Wildman–Crippen MR) is 84.7 cm³/mol. The molecular formula is C16H16N2O2S. The molecule has 0 atom stereocenters. The molecule has 0 saturated carbocycles. The van der Waals surface area contributed by atoms with Gasteiger partial charge in [0.25, 0.3) is 5.56 Å². The van der Waals surface area contributed by atoms with Gasteiger partial charge in [-0.05, 0) is 12.0 Å². The molecule has 0 radical (unpaired) electrons. The Hall–Kier alpha value is -2.01. The first-order chi connectivity index (χ1) is 10.3. The number of nitrogens with zero attached hydrogens (tertiary/aromatic N) is 2. The summed E-state index contributed by atoms with van der Waals surface area (Å²) >= 11 is 1.52. The molecular weight excluding hydrogens is 284 g/mol. The number of fused-ring (bicyclic) bond motifs is 1. The Labute approximate surface area is 127 Å². The van der Waals surface area contributed by atoms with Crippen LogP contribution in [0.4, 0.5) is 0 Å². The zero-order valence-electron chi connectivity index (χ0n) is 11.5. The van der Waals surface area contributed by atoms with Crippen LogP contribution in [0.2, 0.25) is 0 Å². The zero-order valence-corrected chi connectivity index (χ0v) is 12.3. The molecule has 2 aromatic rings. The van der Waals surface area contributed by atoms with Crippen molar-refractivity contribution in [2.75, 3.05) is 5.75 Å². The van der Waals surface area contributed by atoms with Gasteiger partial charge in [0.1, 0.15) is 0 Å². The molecule has 0 unspecified atom stereocenters. The van der Waals surface area contributed by atoms with Gasteiger partial charge in [0.15, 0.2) is 5.16 Å². The molecule has 2 heterocycles. The van der Waals surface area contributed by atoms with Crippen LogP contribution in [0.15, 0.2) is 46.4 Å². The summed E-state index contributed by atoms with van der Waals surface area (Å²) in [6.07, 6.45) is 5.18. The zero-order chi connectivity index (χ0) is 14.7. The quantitative estimate of drug-likeness (QED) is 0.886. The molecule has 1 aliphatic rings. The number of benzene rings is 1. The molecule has 1 aromatic carbocycles. The van der Waals surface area contributed by atoms with Crippen molar-refractivity contribution in [3.63, 3.8) is 0 Å². The number of aromatic nitrogens is 2. The van der Waals surface area contributed by atoms with Gasteiger partial charge in [-0.25, -0.2) is 0 Å². The summed E-state index contributed by atoms with van der Waals surface area (Å²) in [5.41, 5.74) is 1.31. The Bertz CT molecular complexity index is 723.